The highest BCUT2D eigenvalue weighted by Crippen LogP contribution is 2.21. The van der Waals surface area contributed by atoms with E-state index in [0.717, 1.165) is 4.90 Å². The molecule has 8 heteroatoms. The van der Waals surface area contributed by atoms with Crippen molar-refractivity contribution in [1.82, 2.24) is 9.88 Å². The lowest BCUT2D eigenvalue weighted by Crippen LogP contribution is -2.32. The average Bonchev–Trinajstić information content (AvgIpc) is 2.57. The van der Waals surface area contributed by atoms with Crippen LogP contribution in [0.15, 0.2) is 12.1 Å². The van der Waals surface area contributed by atoms with Crippen molar-refractivity contribution >= 4 is 35.2 Å². The van der Waals surface area contributed by atoms with E-state index in [1.165, 1.54) is 19.2 Å². The Kier molecular flexibility index (Phi) is 3.39. The number of anilines is 1. The molecule has 1 aromatic heterocycles. The predicted octanol–water partition coefficient (Wildman–Crippen LogP) is 0.602. The van der Waals surface area contributed by atoms with Crippen molar-refractivity contribution in [2.24, 2.45) is 0 Å². The van der Waals surface area contributed by atoms with Crippen LogP contribution < -0.4 is 5.32 Å². The number of pyridine rings is 1. The zero-order chi connectivity index (χ0) is 14.2. The Morgan fingerprint density at radius 3 is 2.74 bits per heavy atom. The number of aromatic nitrogens is 1. The van der Waals surface area contributed by atoms with Crippen molar-refractivity contribution in [3.63, 3.8) is 0 Å². The van der Waals surface area contributed by atoms with Gasteiger partial charge in [-0.1, -0.05) is 11.6 Å². The van der Waals surface area contributed by atoms with E-state index in [9.17, 15) is 14.4 Å². The zero-order valence-corrected chi connectivity index (χ0v) is 10.6. The predicted molar refractivity (Wildman–Crippen MR) is 66.0 cm³/mol. The summed E-state index contributed by atoms with van der Waals surface area (Å²) in [4.78, 5) is 38.9. The number of carboxylic acids is 1. The van der Waals surface area contributed by atoms with Gasteiger partial charge in [0.05, 0.1) is 6.42 Å². The van der Waals surface area contributed by atoms with Gasteiger partial charge in [0.25, 0.3) is 5.91 Å². The van der Waals surface area contributed by atoms with Crippen molar-refractivity contribution in [3.05, 3.63) is 22.8 Å². The molecule has 2 rings (SSSR count). The van der Waals surface area contributed by atoms with E-state index in [2.05, 4.69) is 10.3 Å². The molecule has 1 atom stereocenters. The van der Waals surface area contributed by atoms with Crippen LogP contribution in [0.25, 0.3) is 0 Å². The third-order valence-corrected chi connectivity index (χ3v) is 2.99. The number of likely N-dealkylation sites (N-methyl/N-ethyl adjacent to an activating group) is 1. The van der Waals surface area contributed by atoms with Crippen LogP contribution in [0.2, 0.25) is 5.15 Å². The van der Waals surface area contributed by atoms with Crippen LogP contribution in [-0.4, -0.2) is 45.9 Å². The summed E-state index contributed by atoms with van der Waals surface area (Å²) in [5.41, 5.74) is -0.112. The molecule has 1 aliphatic heterocycles. The first-order valence-electron chi connectivity index (χ1n) is 5.37. The van der Waals surface area contributed by atoms with Crippen LogP contribution in [-0.2, 0) is 9.59 Å². The number of carboxylic acid groups (broad SMARTS) is 1. The van der Waals surface area contributed by atoms with E-state index in [1.54, 1.807) is 0 Å². The van der Waals surface area contributed by atoms with Crippen LogP contribution >= 0.6 is 11.6 Å². The minimum atomic E-state index is -1.20. The summed E-state index contributed by atoms with van der Waals surface area (Å²) < 4.78 is 0. The Morgan fingerprint density at radius 2 is 2.21 bits per heavy atom. The van der Waals surface area contributed by atoms with Crippen molar-refractivity contribution in [2.75, 3.05) is 12.4 Å². The maximum Gasteiger partial charge on any atom is 0.339 e. The monoisotopic (exact) mass is 283 g/mol. The van der Waals surface area contributed by atoms with E-state index in [1.807, 2.05) is 0 Å². The van der Waals surface area contributed by atoms with E-state index >= 15 is 0 Å². The molecule has 19 heavy (non-hydrogen) atoms. The van der Waals surface area contributed by atoms with Gasteiger partial charge in [0.15, 0.2) is 0 Å². The second-order valence-electron chi connectivity index (χ2n) is 4.03. The van der Waals surface area contributed by atoms with Gasteiger partial charge in [0.1, 0.15) is 22.6 Å². The molecular weight excluding hydrogens is 274 g/mol. The standard InChI is InChI=1S/C11H10ClN3O4/c1-15-8(16)4-6(10(15)17)13-9-5(11(18)19)2-3-7(12)14-9/h2-3,6H,4H2,1H3,(H,13,14)(H,18,19). The molecule has 1 saturated heterocycles. The maximum absolute atomic E-state index is 11.7. The Labute approximate surface area is 113 Å². The number of halogens is 1. The first kappa shape index (κ1) is 13.3. The molecule has 1 aromatic rings. The topological polar surface area (TPSA) is 99.6 Å². The third kappa shape index (κ3) is 2.50. The molecule has 1 unspecified atom stereocenters. The molecule has 2 heterocycles. The number of carbonyl (C=O) groups excluding carboxylic acids is 2. The summed E-state index contributed by atoms with van der Waals surface area (Å²) in [7, 11) is 1.37. The first-order valence-corrected chi connectivity index (χ1v) is 5.74. The lowest BCUT2D eigenvalue weighted by Gasteiger charge is -2.13. The van der Waals surface area contributed by atoms with E-state index in [4.69, 9.17) is 16.7 Å². The quantitative estimate of drug-likeness (QED) is 0.622. The molecule has 0 saturated carbocycles. The minimum Gasteiger partial charge on any atom is -0.478 e. The van der Waals surface area contributed by atoms with Crippen LogP contribution in [0.4, 0.5) is 5.82 Å². The fraction of sp³-hybridized carbons (Fsp3) is 0.273. The highest BCUT2D eigenvalue weighted by atomic mass is 35.5. The number of aromatic carboxylic acids is 1. The van der Waals surface area contributed by atoms with Crippen LogP contribution in [0.1, 0.15) is 16.8 Å². The largest absolute Gasteiger partial charge is 0.478 e. The lowest BCUT2D eigenvalue weighted by atomic mass is 10.2. The van der Waals surface area contributed by atoms with Gasteiger partial charge in [0, 0.05) is 7.05 Å². The highest BCUT2D eigenvalue weighted by Gasteiger charge is 2.36. The molecule has 7 nitrogen and oxygen atoms in total. The molecule has 0 aliphatic carbocycles. The number of likely N-dealkylation sites (tertiary alicyclic amines) is 1. The number of rotatable bonds is 3. The van der Waals surface area contributed by atoms with Gasteiger partial charge in [-0.25, -0.2) is 9.78 Å². The molecule has 2 amide bonds. The smallest absolute Gasteiger partial charge is 0.339 e. The normalized spacial score (nSPS) is 18.8. The van der Waals surface area contributed by atoms with Crippen molar-refractivity contribution < 1.29 is 19.5 Å². The number of imide groups is 1. The minimum absolute atomic E-state index is 0.0264. The third-order valence-electron chi connectivity index (χ3n) is 2.78. The number of amides is 2. The van der Waals surface area contributed by atoms with Gasteiger partial charge in [-0.3, -0.25) is 14.5 Å². The molecule has 1 aliphatic rings. The van der Waals surface area contributed by atoms with Gasteiger partial charge in [-0.15, -0.1) is 0 Å². The van der Waals surface area contributed by atoms with Crippen LogP contribution in [0.5, 0.6) is 0 Å². The van der Waals surface area contributed by atoms with E-state index in [0.29, 0.717) is 0 Å². The Morgan fingerprint density at radius 1 is 1.53 bits per heavy atom. The SMILES string of the molecule is CN1C(=O)CC(Nc2nc(Cl)ccc2C(=O)O)C1=O. The number of nitrogens with zero attached hydrogens (tertiary/aromatic N) is 2. The molecule has 100 valence electrons. The summed E-state index contributed by atoms with van der Waals surface area (Å²) in [6.07, 6.45) is -0.0391. The Bertz CT molecular complexity index is 575. The van der Waals surface area contributed by atoms with Gasteiger partial charge < -0.3 is 10.4 Å². The Hall–Kier alpha value is -2.15. The maximum atomic E-state index is 11.7. The molecular formula is C11H10ClN3O4. The van der Waals surface area contributed by atoms with Gasteiger partial charge in [-0.2, -0.15) is 0 Å². The number of carbonyl (C=O) groups is 3. The molecule has 0 aromatic carbocycles. The molecule has 0 spiro atoms. The van der Waals surface area contributed by atoms with Gasteiger partial charge >= 0.3 is 5.97 Å². The van der Waals surface area contributed by atoms with Crippen LogP contribution in [0.3, 0.4) is 0 Å². The van der Waals surface area contributed by atoms with Crippen molar-refractivity contribution in [2.45, 2.75) is 12.5 Å². The van der Waals surface area contributed by atoms with Gasteiger partial charge in [0.2, 0.25) is 5.91 Å². The molecule has 0 radical (unpaired) electrons. The number of nitrogens with one attached hydrogen (secondary N) is 1. The highest BCUT2D eigenvalue weighted by molar-refractivity contribution is 6.29. The van der Waals surface area contributed by atoms with Crippen LogP contribution in [0, 0.1) is 0 Å². The molecule has 1 fully saturated rings. The fourth-order valence-electron chi connectivity index (χ4n) is 1.75. The average molecular weight is 284 g/mol. The molecule has 2 N–H and O–H groups in total. The summed E-state index contributed by atoms with van der Waals surface area (Å²) in [5.74, 6) is -1.98. The van der Waals surface area contributed by atoms with Crippen molar-refractivity contribution in [1.29, 1.82) is 0 Å². The Balaban J connectivity index is 2.29. The van der Waals surface area contributed by atoms with Gasteiger partial charge in [-0.05, 0) is 12.1 Å². The summed E-state index contributed by atoms with van der Waals surface area (Å²) >= 11 is 5.69. The summed E-state index contributed by atoms with van der Waals surface area (Å²) in [5, 5.41) is 11.8. The summed E-state index contributed by atoms with van der Waals surface area (Å²) in [6, 6.07) is 1.80. The van der Waals surface area contributed by atoms with E-state index in [-0.39, 0.29) is 28.9 Å². The second-order valence-corrected chi connectivity index (χ2v) is 4.41. The first-order chi connectivity index (χ1) is 8.90. The zero-order valence-electron chi connectivity index (χ0n) is 9.88. The van der Waals surface area contributed by atoms with Crippen molar-refractivity contribution in [3.8, 4) is 0 Å². The lowest BCUT2D eigenvalue weighted by molar-refractivity contribution is -0.136. The number of hydrogen-bond acceptors (Lipinski definition) is 5. The van der Waals surface area contributed by atoms with E-state index < -0.39 is 17.9 Å². The number of hydrogen-bond donors (Lipinski definition) is 2. The summed E-state index contributed by atoms with van der Waals surface area (Å²) in [6.45, 7) is 0. The fourth-order valence-corrected chi connectivity index (χ4v) is 1.90. The second kappa shape index (κ2) is 4.85. The molecule has 0 bridgehead atoms.